The first-order valence-electron chi connectivity index (χ1n) is 4.83. The molecule has 1 aromatic heterocycles. The fourth-order valence-electron chi connectivity index (χ4n) is 1.52. The number of Topliss-reactive ketones (excluding diaryl/α,β-unsaturated/α-hetero) is 1. The van der Waals surface area contributed by atoms with Crippen LogP contribution in [0.2, 0.25) is 0 Å². The Balaban J connectivity index is 2.11. The van der Waals surface area contributed by atoms with E-state index in [1.54, 1.807) is 11.8 Å². The van der Waals surface area contributed by atoms with Gasteiger partial charge < -0.3 is 4.74 Å². The normalized spacial score (nSPS) is 20.2. The van der Waals surface area contributed by atoms with Gasteiger partial charge in [0.2, 0.25) is 0 Å². The van der Waals surface area contributed by atoms with Crippen molar-refractivity contribution in [2.45, 2.75) is 18.1 Å². The number of hydrogen-bond acceptors (Lipinski definition) is 5. The smallest absolute Gasteiger partial charge is 0.316 e. The SMILES string of the molecule is COc1ncc(C(=O)C2CCCS2)cn1. The number of carbonyl (C=O) groups excluding carboxylic acids is 1. The summed E-state index contributed by atoms with van der Waals surface area (Å²) in [5, 5.41) is 0.0991. The van der Waals surface area contributed by atoms with E-state index < -0.39 is 0 Å². The third-order valence-corrected chi connectivity index (χ3v) is 3.69. The molecule has 1 saturated heterocycles. The van der Waals surface area contributed by atoms with Crippen LogP contribution in [-0.2, 0) is 0 Å². The van der Waals surface area contributed by atoms with Crippen LogP contribution in [0.25, 0.3) is 0 Å². The monoisotopic (exact) mass is 224 g/mol. The Morgan fingerprint density at radius 2 is 2.27 bits per heavy atom. The number of aromatic nitrogens is 2. The second-order valence-electron chi connectivity index (χ2n) is 3.32. The summed E-state index contributed by atoms with van der Waals surface area (Å²) in [6, 6.07) is 0.297. The molecule has 0 radical (unpaired) electrons. The van der Waals surface area contributed by atoms with Crippen LogP contribution in [0.4, 0.5) is 0 Å². The second kappa shape index (κ2) is 4.61. The molecule has 0 spiro atoms. The maximum atomic E-state index is 11.9. The molecule has 1 atom stereocenters. The van der Waals surface area contributed by atoms with Crippen LogP contribution in [-0.4, -0.2) is 33.9 Å². The van der Waals surface area contributed by atoms with E-state index in [-0.39, 0.29) is 11.0 Å². The fraction of sp³-hybridized carbons (Fsp3) is 0.500. The van der Waals surface area contributed by atoms with Gasteiger partial charge in [-0.3, -0.25) is 4.79 Å². The molecule has 1 unspecified atom stereocenters. The summed E-state index contributed by atoms with van der Waals surface area (Å²) >= 11 is 1.72. The van der Waals surface area contributed by atoms with E-state index in [0.717, 1.165) is 18.6 Å². The molecule has 15 heavy (non-hydrogen) atoms. The van der Waals surface area contributed by atoms with Gasteiger partial charge in [-0.05, 0) is 18.6 Å². The highest BCUT2D eigenvalue weighted by Gasteiger charge is 2.24. The minimum absolute atomic E-state index is 0.0991. The molecule has 0 N–H and O–H groups in total. The van der Waals surface area contributed by atoms with Crippen molar-refractivity contribution < 1.29 is 9.53 Å². The van der Waals surface area contributed by atoms with Crippen LogP contribution in [0.3, 0.4) is 0 Å². The van der Waals surface area contributed by atoms with Crippen LogP contribution in [0, 0.1) is 0 Å². The van der Waals surface area contributed by atoms with Crippen molar-refractivity contribution >= 4 is 17.5 Å². The van der Waals surface area contributed by atoms with E-state index in [0.29, 0.717) is 11.6 Å². The van der Waals surface area contributed by atoms with E-state index >= 15 is 0 Å². The van der Waals surface area contributed by atoms with Gasteiger partial charge in [-0.1, -0.05) is 0 Å². The van der Waals surface area contributed by atoms with Crippen molar-refractivity contribution in [2.75, 3.05) is 12.9 Å². The van der Waals surface area contributed by atoms with Gasteiger partial charge in [-0.25, -0.2) is 9.97 Å². The van der Waals surface area contributed by atoms with E-state index in [1.807, 2.05) is 0 Å². The van der Waals surface area contributed by atoms with Gasteiger partial charge in [0.15, 0.2) is 5.78 Å². The van der Waals surface area contributed by atoms with Crippen LogP contribution < -0.4 is 4.74 Å². The summed E-state index contributed by atoms with van der Waals surface area (Å²) in [4.78, 5) is 19.8. The third kappa shape index (κ3) is 2.28. The van der Waals surface area contributed by atoms with Gasteiger partial charge in [0.1, 0.15) is 0 Å². The van der Waals surface area contributed by atoms with E-state index in [1.165, 1.54) is 19.5 Å². The predicted molar refractivity (Wildman–Crippen MR) is 58.4 cm³/mol. The summed E-state index contributed by atoms with van der Waals surface area (Å²) in [6.45, 7) is 0. The largest absolute Gasteiger partial charge is 0.467 e. The molecule has 0 aliphatic carbocycles. The average Bonchev–Trinajstić information content (AvgIpc) is 2.82. The van der Waals surface area contributed by atoms with Crippen molar-refractivity contribution in [3.8, 4) is 6.01 Å². The molecular formula is C10H12N2O2S. The lowest BCUT2D eigenvalue weighted by atomic mass is 10.1. The summed E-state index contributed by atoms with van der Waals surface area (Å²) in [6.07, 6.45) is 5.16. The Morgan fingerprint density at radius 1 is 1.53 bits per heavy atom. The van der Waals surface area contributed by atoms with E-state index in [4.69, 9.17) is 4.74 Å². The van der Waals surface area contributed by atoms with Crippen molar-refractivity contribution in [2.24, 2.45) is 0 Å². The lowest BCUT2D eigenvalue weighted by molar-refractivity contribution is 0.0987. The summed E-state index contributed by atoms with van der Waals surface area (Å²) in [5.74, 6) is 1.22. The Morgan fingerprint density at radius 3 is 2.80 bits per heavy atom. The molecule has 1 aliphatic heterocycles. The summed E-state index contributed by atoms with van der Waals surface area (Å²) < 4.78 is 4.84. The number of thioether (sulfide) groups is 1. The van der Waals surface area contributed by atoms with Gasteiger partial charge in [-0.15, -0.1) is 0 Å². The lowest BCUT2D eigenvalue weighted by Crippen LogP contribution is -2.14. The molecule has 4 nitrogen and oxygen atoms in total. The maximum Gasteiger partial charge on any atom is 0.316 e. The van der Waals surface area contributed by atoms with Crippen LogP contribution in [0.1, 0.15) is 23.2 Å². The Hall–Kier alpha value is -1.10. The summed E-state index contributed by atoms with van der Waals surface area (Å²) in [5.41, 5.74) is 0.579. The number of methoxy groups -OCH3 is 1. The third-order valence-electron chi connectivity index (χ3n) is 2.32. The Labute approximate surface area is 92.5 Å². The maximum absolute atomic E-state index is 11.9. The molecule has 0 amide bonds. The lowest BCUT2D eigenvalue weighted by Gasteiger charge is -2.06. The predicted octanol–water partition coefficient (Wildman–Crippen LogP) is 1.56. The quantitative estimate of drug-likeness (QED) is 0.729. The second-order valence-corrected chi connectivity index (χ2v) is 4.63. The molecule has 2 heterocycles. The molecule has 1 aromatic rings. The number of ketones is 1. The highest BCUT2D eigenvalue weighted by Crippen LogP contribution is 2.28. The number of hydrogen-bond donors (Lipinski definition) is 0. The Kier molecular flexibility index (Phi) is 3.20. The van der Waals surface area contributed by atoms with Crippen molar-refractivity contribution in [1.82, 2.24) is 9.97 Å². The van der Waals surface area contributed by atoms with Crippen LogP contribution in [0.5, 0.6) is 6.01 Å². The first-order chi connectivity index (χ1) is 7.31. The molecule has 5 heteroatoms. The minimum Gasteiger partial charge on any atom is -0.467 e. The van der Waals surface area contributed by atoms with Gasteiger partial charge >= 0.3 is 6.01 Å². The highest BCUT2D eigenvalue weighted by molar-refractivity contribution is 8.00. The average molecular weight is 224 g/mol. The van der Waals surface area contributed by atoms with Gasteiger partial charge in [0.05, 0.1) is 17.9 Å². The van der Waals surface area contributed by atoms with Gasteiger partial charge in [0.25, 0.3) is 0 Å². The molecular weight excluding hydrogens is 212 g/mol. The van der Waals surface area contributed by atoms with E-state index in [9.17, 15) is 4.79 Å². The molecule has 0 aromatic carbocycles. The number of rotatable bonds is 3. The number of carbonyl (C=O) groups is 1. The highest BCUT2D eigenvalue weighted by atomic mass is 32.2. The van der Waals surface area contributed by atoms with Crippen LogP contribution in [0.15, 0.2) is 12.4 Å². The zero-order valence-corrected chi connectivity index (χ0v) is 9.29. The standard InChI is InChI=1S/C10H12N2O2S/c1-14-10-11-5-7(6-12-10)9(13)8-3-2-4-15-8/h5-6,8H,2-4H2,1H3. The molecule has 1 aliphatic rings. The fourth-order valence-corrected chi connectivity index (χ4v) is 2.76. The number of nitrogens with zero attached hydrogens (tertiary/aromatic N) is 2. The van der Waals surface area contributed by atoms with Crippen molar-refractivity contribution in [3.63, 3.8) is 0 Å². The first kappa shape index (κ1) is 10.4. The van der Waals surface area contributed by atoms with Gasteiger partial charge in [0, 0.05) is 12.4 Å². The summed E-state index contributed by atoms with van der Waals surface area (Å²) in [7, 11) is 1.50. The number of ether oxygens (including phenoxy) is 1. The topological polar surface area (TPSA) is 52.1 Å². The first-order valence-corrected chi connectivity index (χ1v) is 5.88. The van der Waals surface area contributed by atoms with Crippen molar-refractivity contribution in [3.05, 3.63) is 18.0 Å². The molecule has 2 rings (SSSR count). The van der Waals surface area contributed by atoms with E-state index in [2.05, 4.69) is 9.97 Å². The minimum atomic E-state index is 0.0991. The zero-order valence-electron chi connectivity index (χ0n) is 8.47. The zero-order chi connectivity index (χ0) is 10.7. The van der Waals surface area contributed by atoms with Gasteiger partial charge in [-0.2, -0.15) is 11.8 Å². The molecule has 0 bridgehead atoms. The molecule has 1 fully saturated rings. The Bertz CT molecular complexity index is 347. The van der Waals surface area contributed by atoms with Crippen molar-refractivity contribution in [1.29, 1.82) is 0 Å². The molecule has 0 saturated carbocycles. The van der Waals surface area contributed by atoms with Crippen LogP contribution >= 0.6 is 11.8 Å². The molecule has 80 valence electrons.